The third kappa shape index (κ3) is 4.40. The minimum absolute atomic E-state index is 0.169. The van der Waals surface area contributed by atoms with Crippen LogP contribution in [0.15, 0.2) is 59.5 Å². The van der Waals surface area contributed by atoms with E-state index in [2.05, 4.69) is 15.5 Å². The highest BCUT2D eigenvalue weighted by molar-refractivity contribution is 7.89. The maximum Gasteiger partial charge on any atom is 0.254 e. The topological polar surface area (TPSA) is 105 Å². The highest BCUT2D eigenvalue weighted by Crippen LogP contribution is 2.23. The van der Waals surface area contributed by atoms with Gasteiger partial charge in [-0.3, -0.25) is 4.79 Å². The Bertz CT molecular complexity index is 1250. The summed E-state index contributed by atoms with van der Waals surface area (Å²) in [5.74, 6) is 0.464. The number of hydrogen-bond acceptors (Lipinski definition) is 7. The Morgan fingerprint density at radius 3 is 2.29 bits per heavy atom. The number of benzene rings is 2. The third-order valence-corrected chi connectivity index (χ3v) is 8.23. The number of piperazine rings is 1. The Hall–Kier alpha value is -3.31. The van der Waals surface area contributed by atoms with Crippen LogP contribution < -0.4 is 4.90 Å². The number of tetrazole rings is 1. The van der Waals surface area contributed by atoms with Gasteiger partial charge in [0, 0.05) is 44.8 Å². The predicted octanol–water partition coefficient (Wildman–Crippen LogP) is 1.80. The maximum atomic E-state index is 13.2. The summed E-state index contributed by atoms with van der Waals surface area (Å²) in [5, 5.41) is 12.1. The van der Waals surface area contributed by atoms with Crippen LogP contribution in [-0.4, -0.2) is 83.0 Å². The molecule has 0 unspecified atom stereocenters. The Labute approximate surface area is 198 Å². The smallest absolute Gasteiger partial charge is 0.254 e. The molecule has 178 valence electrons. The number of carbonyl (C=O) groups is 1. The summed E-state index contributed by atoms with van der Waals surface area (Å²) >= 11 is 0. The van der Waals surface area contributed by atoms with E-state index in [-0.39, 0.29) is 10.8 Å². The van der Waals surface area contributed by atoms with Crippen molar-refractivity contribution in [2.45, 2.75) is 24.2 Å². The monoisotopic (exact) mass is 481 g/mol. The van der Waals surface area contributed by atoms with Crippen molar-refractivity contribution >= 4 is 21.9 Å². The lowest BCUT2D eigenvalue weighted by molar-refractivity contribution is 0.0746. The first kappa shape index (κ1) is 22.5. The van der Waals surface area contributed by atoms with Crippen molar-refractivity contribution < 1.29 is 13.2 Å². The molecule has 2 saturated heterocycles. The SMILES string of the molecule is O=C(c1cccc(S(=O)(=O)N2CCCCC2)c1)N1CCN(c2nnnn2-c2ccccc2)CC1. The van der Waals surface area contributed by atoms with Crippen LogP contribution in [0, 0.1) is 0 Å². The van der Waals surface area contributed by atoms with Crippen LogP contribution in [0.25, 0.3) is 5.69 Å². The molecule has 1 aromatic heterocycles. The number of rotatable bonds is 5. The molecule has 2 aromatic carbocycles. The lowest BCUT2D eigenvalue weighted by Crippen LogP contribution is -2.49. The minimum Gasteiger partial charge on any atom is -0.336 e. The molecule has 2 aliphatic rings. The molecule has 0 spiro atoms. The zero-order chi connectivity index (χ0) is 23.5. The Kier molecular flexibility index (Phi) is 6.29. The second-order valence-corrected chi connectivity index (χ2v) is 10.4. The molecule has 2 aliphatic heterocycles. The van der Waals surface area contributed by atoms with E-state index in [1.165, 1.54) is 10.4 Å². The molecule has 5 rings (SSSR count). The number of nitrogens with zero attached hydrogens (tertiary/aromatic N) is 7. The van der Waals surface area contributed by atoms with Crippen LogP contribution in [0.5, 0.6) is 0 Å². The molecule has 2 fully saturated rings. The molecule has 3 heterocycles. The largest absolute Gasteiger partial charge is 0.336 e. The zero-order valence-electron chi connectivity index (χ0n) is 18.8. The molecule has 0 aliphatic carbocycles. The van der Waals surface area contributed by atoms with E-state index in [1.54, 1.807) is 27.8 Å². The van der Waals surface area contributed by atoms with Crippen LogP contribution in [0.2, 0.25) is 0 Å². The zero-order valence-corrected chi connectivity index (χ0v) is 19.6. The first-order valence-electron chi connectivity index (χ1n) is 11.5. The van der Waals surface area contributed by atoms with Gasteiger partial charge in [0.05, 0.1) is 10.6 Å². The molecule has 0 N–H and O–H groups in total. The quantitative estimate of drug-likeness (QED) is 0.547. The van der Waals surface area contributed by atoms with E-state index in [0.29, 0.717) is 50.8 Å². The number of amides is 1. The van der Waals surface area contributed by atoms with E-state index in [1.807, 2.05) is 35.2 Å². The Morgan fingerprint density at radius 2 is 1.56 bits per heavy atom. The molecule has 34 heavy (non-hydrogen) atoms. The van der Waals surface area contributed by atoms with Gasteiger partial charge in [0.25, 0.3) is 5.91 Å². The summed E-state index contributed by atoms with van der Waals surface area (Å²) in [6.45, 7) is 3.19. The summed E-state index contributed by atoms with van der Waals surface area (Å²) in [5.41, 5.74) is 1.26. The number of anilines is 1. The summed E-state index contributed by atoms with van der Waals surface area (Å²) < 4.78 is 29.3. The normalized spacial score (nSPS) is 17.6. The van der Waals surface area contributed by atoms with Gasteiger partial charge >= 0.3 is 0 Å². The van der Waals surface area contributed by atoms with Crippen molar-refractivity contribution in [3.05, 3.63) is 60.2 Å². The van der Waals surface area contributed by atoms with Crippen molar-refractivity contribution in [3.63, 3.8) is 0 Å². The number of para-hydroxylation sites is 1. The van der Waals surface area contributed by atoms with Crippen LogP contribution in [0.4, 0.5) is 5.95 Å². The van der Waals surface area contributed by atoms with Gasteiger partial charge in [-0.25, -0.2) is 8.42 Å². The molecular formula is C23H27N7O3S. The average Bonchev–Trinajstić information content (AvgIpc) is 3.40. The first-order valence-corrected chi connectivity index (χ1v) is 13.0. The maximum absolute atomic E-state index is 13.2. The molecule has 11 heteroatoms. The Morgan fingerprint density at radius 1 is 0.824 bits per heavy atom. The summed E-state index contributed by atoms with van der Waals surface area (Å²) in [6.07, 6.45) is 2.79. The standard InChI is InChI=1S/C23H27N7O3S/c31-22(19-8-7-11-21(18-19)34(32,33)29-12-5-2-6-13-29)27-14-16-28(17-15-27)23-24-25-26-30(23)20-9-3-1-4-10-20/h1,3-4,7-11,18H,2,5-6,12-17H2. The molecular weight excluding hydrogens is 454 g/mol. The van der Waals surface area contributed by atoms with Crippen molar-refractivity contribution in [2.24, 2.45) is 0 Å². The number of aromatic nitrogens is 4. The number of sulfonamides is 1. The second-order valence-electron chi connectivity index (χ2n) is 8.50. The van der Waals surface area contributed by atoms with Crippen LogP contribution in [0.3, 0.4) is 0 Å². The molecule has 10 nitrogen and oxygen atoms in total. The summed E-state index contributed by atoms with van der Waals surface area (Å²) in [6, 6.07) is 16.1. The van der Waals surface area contributed by atoms with Gasteiger partial charge < -0.3 is 9.80 Å². The fraction of sp³-hybridized carbons (Fsp3) is 0.391. The second kappa shape index (κ2) is 9.51. The van der Waals surface area contributed by atoms with Gasteiger partial charge in [0.15, 0.2) is 0 Å². The molecule has 0 atom stereocenters. The van der Waals surface area contributed by atoms with Crippen molar-refractivity contribution in [1.29, 1.82) is 0 Å². The highest BCUT2D eigenvalue weighted by atomic mass is 32.2. The minimum atomic E-state index is -3.59. The number of hydrogen-bond donors (Lipinski definition) is 0. The molecule has 1 amide bonds. The van der Waals surface area contributed by atoms with E-state index in [0.717, 1.165) is 24.9 Å². The predicted molar refractivity (Wildman–Crippen MR) is 126 cm³/mol. The van der Waals surface area contributed by atoms with E-state index in [4.69, 9.17) is 0 Å². The summed E-state index contributed by atoms with van der Waals surface area (Å²) in [4.78, 5) is 17.2. The van der Waals surface area contributed by atoms with Crippen LogP contribution in [-0.2, 0) is 10.0 Å². The van der Waals surface area contributed by atoms with Crippen LogP contribution >= 0.6 is 0 Å². The number of piperidine rings is 1. The van der Waals surface area contributed by atoms with Crippen molar-refractivity contribution in [2.75, 3.05) is 44.2 Å². The van der Waals surface area contributed by atoms with Crippen LogP contribution in [0.1, 0.15) is 29.6 Å². The molecule has 0 bridgehead atoms. The van der Waals surface area contributed by atoms with Gasteiger partial charge in [-0.05, 0) is 53.6 Å². The number of carbonyl (C=O) groups excluding carboxylic acids is 1. The Balaban J connectivity index is 1.27. The van der Waals surface area contributed by atoms with E-state index in [9.17, 15) is 13.2 Å². The fourth-order valence-corrected chi connectivity index (χ4v) is 6.02. The van der Waals surface area contributed by atoms with Gasteiger partial charge in [0.2, 0.25) is 16.0 Å². The van der Waals surface area contributed by atoms with Gasteiger partial charge in [-0.2, -0.15) is 8.99 Å². The summed E-state index contributed by atoms with van der Waals surface area (Å²) in [7, 11) is -3.59. The molecule has 3 aromatic rings. The fourth-order valence-electron chi connectivity index (χ4n) is 4.45. The first-order chi connectivity index (χ1) is 16.5. The average molecular weight is 482 g/mol. The molecule has 0 saturated carbocycles. The highest BCUT2D eigenvalue weighted by Gasteiger charge is 2.29. The van der Waals surface area contributed by atoms with Crippen molar-refractivity contribution in [1.82, 2.24) is 29.4 Å². The van der Waals surface area contributed by atoms with Gasteiger partial charge in [-0.15, -0.1) is 0 Å². The van der Waals surface area contributed by atoms with E-state index >= 15 is 0 Å². The van der Waals surface area contributed by atoms with Gasteiger partial charge in [0.1, 0.15) is 0 Å². The molecule has 0 radical (unpaired) electrons. The lowest BCUT2D eigenvalue weighted by atomic mass is 10.2. The van der Waals surface area contributed by atoms with Gasteiger partial charge in [-0.1, -0.05) is 35.8 Å². The third-order valence-electron chi connectivity index (χ3n) is 6.34. The van der Waals surface area contributed by atoms with Crippen molar-refractivity contribution in [3.8, 4) is 5.69 Å². The lowest BCUT2D eigenvalue weighted by Gasteiger charge is -2.35. The van der Waals surface area contributed by atoms with E-state index < -0.39 is 10.0 Å².